The maximum absolute atomic E-state index is 9.93. The molecule has 1 fully saturated rings. The lowest BCUT2D eigenvalue weighted by Gasteiger charge is -2.46. The highest BCUT2D eigenvalue weighted by Gasteiger charge is 2.37. The van der Waals surface area contributed by atoms with E-state index in [-0.39, 0.29) is 12.1 Å². The van der Waals surface area contributed by atoms with Crippen molar-refractivity contribution < 1.29 is 5.11 Å². The van der Waals surface area contributed by atoms with Gasteiger partial charge in [-0.3, -0.25) is 4.90 Å². The van der Waals surface area contributed by atoms with Crippen molar-refractivity contribution >= 4 is 0 Å². The van der Waals surface area contributed by atoms with E-state index in [1.807, 2.05) is 13.1 Å². The van der Waals surface area contributed by atoms with Crippen LogP contribution < -0.4 is 5.32 Å². The van der Waals surface area contributed by atoms with Gasteiger partial charge in [0.15, 0.2) is 0 Å². The van der Waals surface area contributed by atoms with Crippen molar-refractivity contribution in [3.8, 4) is 0 Å². The third kappa shape index (κ3) is 2.91. The van der Waals surface area contributed by atoms with Gasteiger partial charge in [0.1, 0.15) is 0 Å². The Bertz CT molecular complexity index is 353. The van der Waals surface area contributed by atoms with Crippen LogP contribution in [0.4, 0.5) is 0 Å². The van der Waals surface area contributed by atoms with Gasteiger partial charge in [-0.1, -0.05) is 36.8 Å². The molecule has 100 valence electrons. The Morgan fingerprint density at radius 3 is 2.72 bits per heavy atom. The molecule has 3 nitrogen and oxygen atoms in total. The zero-order valence-electron chi connectivity index (χ0n) is 11.2. The second-order valence-corrected chi connectivity index (χ2v) is 5.28. The first-order valence-corrected chi connectivity index (χ1v) is 6.85. The Morgan fingerprint density at radius 2 is 2.06 bits per heavy atom. The minimum atomic E-state index is -0.0807. The fraction of sp³-hybridized carbons (Fsp3) is 0.600. The van der Waals surface area contributed by atoms with Crippen molar-refractivity contribution in [3.05, 3.63) is 35.9 Å². The molecule has 0 bridgehead atoms. The summed E-state index contributed by atoms with van der Waals surface area (Å²) in [7, 11) is 1.97. The van der Waals surface area contributed by atoms with Crippen LogP contribution in [-0.4, -0.2) is 42.4 Å². The van der Waals surface area contributed by atoms with Gasteiger partial charge in [0.05, 0.1) is 6.61 Å². The lowest BCUT2D eigenvalue weighted by Crippen LogP contribution is -2.58. The van der Waals surface area contributed by atoms with E-state index >= 15 is 0 Å². The lowest BCUT2D eigenvalue weighted by atomic mass is 9.82. The summed E-state index contributed by atoms with van der Waals surface area (Å²) in [6.45, 7) is 2.17. The van der Waals surface area contributed by atoms with E-state index < -0.39 is 0 Å². The predicted octanol–water partition coefficient (Wildman–Crippen LogP) is 1.62. The van der Waals surface area contributed by atoms with E-state index in [1.165, 1.54) is 18.4 Å². The van der Waals surface area contributed by atoms with E-state index in [4.69, 9.17) is 0 Å². The highest BCUT2D eigenvalue weighted by molar-refractivity contribution is 5.18. The number of nitrogens with zero attached hydrogens (tertiary/aromatic N) is 1. The average molecular weight is 248 g/mol. The molecule has 2 rings (SSSR count). The zero-order valence-corrected chi connectivity index (χ0v) is 11.2. The van der Waals surface area contributed by atoms with Gasteiger partial charge in [-0.25, -0.2) is 0 Å². The summed E-state index contributed by atoms with van der Waals surface area (Å²) in [6.07, 6.45) is 4.47. The number of rotatable bonds is 5. The minimum absolute atomic E-state index is 0.0807. The number of nitrogens with one attached hydrogen (secondary N) is 1. The highest BCUT2D eigenvalue weighted by Crippen LogP contribution is 2.30. The second kappa shape index (κ2) is 6.32. The molecule has 1 aromatic carbocycles. The summed E-state index contributed by atoms with van der Waals surface area (Å²) in [6, 6.07) is 10.5. The molecule has 0 saturated carbocycles. The van der Waals surface area contributed by atoms with Gasteiger partial charge in [-0.05, 0) is 31.9 Å². The van der Waals surface area contributed by atoms with Crippen LogP contribution in [0.1, 0.15) is 24.8 Å². The Kier molecular flexibility index (Phi) is 4.75. The fourth-order valence-corrected chi connectivity index (χ4v) is 3.00. The normalized spacial score (nSPS) is 25.2. The van der Waals surface area contributed by atoms with Crippen molar-refractivity contribution in [2.45, 2.75) is 31.2 Å². The van der Waals surface area contributed by atoms with E-state index in [1.54, 1.807) is 0 Å². The first kappa shape index (κ1) is 13.5. The van der Waals surface area contributed by atoms with Crippen LogP contribution in [0.25, 0.3) is 0 Å². The molecule has 0 spiro atoms. The molecule has 1 atom stereocenters. The van der Waals surface area contributed by atoms with E-state index in [0.29, 0.717) is 0 Å². The molecule has 0 aliphatic carbocycles. The van der Waals surface area contributed by atoms with Gasteiger partial charge >= 0.3 is 0 Å². The van der Waals surface area contributed by atoms with Crippen LogP contribution in [0, 0.1) is 0 Å². The predicted molar refractivity (Wildman–Crippen MR) is 74.4 cm³/mol. The number of likely N-dealkylation sites (tertiary alicyclic amines) is 1. The molecule has 0 radical (unpaired) electrons. The number of hydrogen-bond donors (Lipinski definition) is 2. The third-order valence-electron chi connectivity index (χ3n) is 4.01. The molecule has 2 N–H and O–H groups in total. The Balaban J connectivity index is 2.16. The zero-order chi connectivity index (χ0) is 12.8. The molecule has 1 aromatic rings. The van der Waals surface area contributed by atoms with Crippen LogP contribution in [0.2, 0.25) is 0 Å². The maximum atomic E-state index is 9.93. The van der Waals surface area contributed by atoms with Crippen LogP contribution in [0.3, 0.4) is 0 Å². The lowest BCUT2D eigenvalue weighted by molar-refractivity contribution is -0.00512. The fourth-order valence-electron chi connectivity index (χ4n) is 3.00. The molecule has 0 amide bonds. The number of piperidine rings is 1. The van der Waals surface area contributed by atoms with Gasteiger partial charge in [0.25, 0.3) is 0 Å². The summed E-state index contributed by atoms with van der Waals surface area (Å²) in [4.78, 5) is 2.41. The van der Waals surface area contributed by atoms with Gasteiger partial charge in [-0.2, -0.15) is 0 Å². The summed E-state index contributed by atoms with van der Waals surface area (Å²) in [5.41, 5.74) is 1.23. The van der Waals surface area contributed by atoms with Crippen LogP contribution in [0.5, 0.6) is 0 Å². The number of aliphatic hydroxyl groups excluding tert-OH is 1. The van der Waals surface area contributed by atoms with E-state index in [9.17, 15) is 5.11 Å². The Hall–Kier alpha value is -0.900. The first-order valence-electron chi connectivity index (χ1n) is 6.85. The Morgan fingerprint density at radius 1 is 1.28 bits per heavy atom. The third-order valence-corrected chi connectivity index (χ3v) is 4.01. The van der Waals surface area contributed by atoms with Crippen molar-refractivity contribution in [2.24, 2.45) is 0 Å². The molecule has 1 unspecified atom stereocenters. The molecule has 1 aliphatic heterocycles. The number of benzene rings is 1. The SMILES string of the molecule is CNCN1CCCCC1(CO)Cc1ccccc1. The van der Waals surface area contributed by atoms with Crippen molar-refractivity contribution in [1.29, 1.82) is 0 Å². The molecular weight excluding hydrogens is 224 g/mol. The largest absolute Gasteiger partial charge is 0.394 e. The maximum Gasteiger partial charge on any atom is 0.0619 e. The molecule has 0 aromatic heterocycles. The highest BCUT2D eigenvalue weighted by atomic mass is 16.3. The summed E-state index contributed by atoms with van der Waals surface area (Å²) >= 11 is 0. The van der Waals surface area contributed by atoms with Gasteiger partial charge in [0, 0.05) is 18.8 Å². The molecule has 1 aliphatic rings. The van der Waals surface area contributed by atoms with Crippen molar-refractivity contribution in [3.63, 3.8) is 0 Å². The second-order valence-electron chi connectivity index (χ2n) is 5.28. The van der Waals surface area contributed by atoms with E-state index in [2.05, 4.69) is 34.5 Å². The average Bonchev–Trinajstić information content (AvgIpc) is 2.42. The van der Waals surface area contributed by atoms with Gasteiger partial charge in [-0.15, -0.1) is 0 Å². The molecule has 1 saturated heterocycles. The summed E-state index contributed by atoms with van der Waals surface area (Å²) < 4.78 is 0. The van der Waals surface area contributed by atoms with Crippen molar-refractivity contribution in [2.75, 3.05) is 26.9 Å². The number of aliphatic hydroxyl groups is 1. The van der Waals surface area contributed by atoms with E-state index in [0.717, 1.165) is 26.1 Å². The molecule has 18 heavy (non-hydrogen) atoms. The van der Waals surface area contributed by atoms with Gasteiger partial charge < -0.3 is 10.4 Å². The summed E-state index contributed by atoms with van der Waals surface area (Å²) in [5, 5.41) is 13.2. The smallest absolute Gasteiger partial charge is 0.0619 e. The standard InChI is InChI=1S/C15H24N2O/c1-16-13-17-10-6-5-9-15(17,12-18)11-14-7-3-2-4-8-14/h2-4,7-8,16,18H,5-6,9-13H2,1H3. The molecule has 3 heteroatoms. The molecular formula is C15H24N2O. The minimum Gasteiger partial charge on any atom is -0.394 e. The first-order chi connectivity index (χ1) is 8.80. The Labute approximate surface area is 110 Å². The monoisotopic (exact) mass is 248 g/mol. The van der Waals surface area contributed by atoms with Gasteiger partial charge in [0.2, 0.25) is 0 Å². The van der Waals surface area contributed by atoms with Crippen LogP contribution in [-0.2, 0) is 6.42 Å². The number of hydrogen-bond acceptors (Lipinski definition) is 3. The van der Waals surface area contributed by atoms with Crippen LogP contribution >= 0.6 is 0 Å². The summed E-state index contributed by atoms with van der Waals surface area (Å²) in [5.74, 6) is 0. The van der Waals surface area contributed by atoms with Crippen molar-refractivity contribution in [1.82, 2.24) is 10.2 Å². The van der Waals surface area contributed by atoms with Crippen LogP contribution in [0.15, 0.2) is 30.3 Å². The topological polar surface area (TPSA) is 35.5 Å². The quantitative estimate of drug-likeness (QED) is 0.831. The molecule has 1 heterocycles.